The molecule has 3 N–H and O–H groups in total. The van der Waals surface area contributed by atoms with E-state index in [2.05, 4.69) is 0 Å². The summed E-state index contributed by atoms with van der Waals surface area (Å²) in [6.45, 7) is 0. The molecule has 0 aromatic carbocycles. The molecule has 0 aromatic heterocycles. The zero-order valence-corrected chi connectivity index (χ0v) is 27.2. The van der Waals surface area contributed by atoms with Crippen molar-refractivity contribution < 1.29 is 205 Å². The van der Waals surface area contributed by atoms with E-state index >= 15 is 0 Å². The van der Waals surface area contributed by atoms with Crippen LogP contribution in [0.15, 0.2) is 0 Å². The summed E-state index contributed by atoms with van der Waals surface area (Å²) in [5.74, 6) is 0. The van der Waals surface area contributed by atoms with E-state index in [9.17, 15) is 42.7 Å². The third-order valence-electron chi connectivity index (χ3n) is 1.92. The molecule has 116 valence electrons. The smallest absolute Gasteiger partial charge is 0.810 e. The quantitative estimate of drug-likeness (QED) is 0.240. The van der Waals surface area contributed by atoms with Crippen LogP contribution in [0.5, 0.6) is 0 Å². The van der Waals surface area contributed by atoms with Crippen LogP contribution in [0.1, 0.15) is 6.42 Å². The molecule has 0 bridgehead atoms. The van der Waals surface area contributed by atoms with Gasteiger partial charge in [-0.1, -0.05) is 15.2 Å². The Morgan fingerprint density at radius 1 is 0.625 bits per heavy atom. The summed E-state index contributed by atoms with van der Waals surface area (Å²) in [6.07, 6.45) is -2.05. The monoisotopic (exact) mass is 474 g/mol. The van der Waals surface area contributed by atoms with Gasteiger partial charge in [0.1, 0.15) is 13.0 Å². The van der Waals surface area contributed by atoms with Gasteiger partial charge in [0.25, 0.3) is 0 Å². The molecule has 0 aromatic rings. The maximum absolute atomic E-state index is 10.7. The van der Waals surface area contributed by atoms with Gasteiger partial charge in [-0.25, -0.2) is 0 Å². The average Bonchev–Trinajstić information content (AvgIpc) is 1.91. The number of hydrogen-bond donors (Lipinski definition) is 3. The van der Waals surface area contributed by atoms with Crippen molar-refractivity contribution in [1.82, 2.24) is 0 Å². The van der Waals surface area contributed by atoms with E-state index < -0.39 is 47.6 Å². The van der Waals surface area contributed by atoms with Crippen LogP contribution in [0.4, 0.5) is 0 Å². The zero-order chi connectivity index (χ0) is 15.9. The molecule has 0 saturated heterocycles. The second kappa shape index (κ2) is 16.3. The molecular weight excluding hydrogens is 467 g/mol. The Hall–Kier alpha value is 5.60. The Balaban J connectivity index is -0.000000162. The third kappa shape index (κ3) is 17.3. The zero-order valence-electron chi connectivity index (χ0n) is 13.7. The summed E-state index contributed by atoms with van der Waals surface area (Å²) >= 11 is 0. The minimum atomic E-state index is -6.19. The van der Waals surface area contributed by atoms with Crippen molar-refractivity contribution in [2.75, 3.05) is 0 Å². The van der Waals surface area contributed by atoms with Crippen LogP contribution in [-0.4, -0.2) is 25.5 Å². The van der Waals surface area contributed by atoms with Crippen molar-refractivity contribution in [2.45, 2.75) is 17.2 Å². The fraction of sp³-hybridized carbons (Fsp3) is 1.00. The van der Waals surface area contributed by atoms with E-state index in [-0.39, 0.29) is 148 Å². The second-order valence-electron chi connectivity index (χ2n) is 3.43. The van der Waals surface area contributed by atoms with Crippen LogP contribution >= 0.6 is 30.4 Å². The van der Waals surface area contributed by atoms with Crippen LogP contribution in [0, 0.1) is 0 Å². The number of hydrogen-bond acceptors (Lipinski definition) is 9. The molecule has 0 aliphatic rings. The summed E-state index contributed by atoms with van der Waals surface area (Å²) in [4.78, 5) is 78.5. The summed E-state index contributed by atoms with van der Waals surface area (Å²) in [5.41, 5.74) is 0. The van der Waals surface area contributed by atoms with Crippen LogP contribution in [0.2, 0.25) is 0 Å². The van der Waals surface area contributed by atoms with Gasteiger partial charge in [0, 0.05) is 5.40 Å². The molecule has 0 fully saturated rings. The molecule has 2 unspecified atom stereocenters. The minimum absolute atomic E-state index is 0. The first-order valence-electron chi connectivity index (χ1n) is 4.09. The van der Waals surface area contributed by atoms with Gasteiger partial charge in [0.05, 0.1) is 0 Å². The van der Waals surface area contributed by atoms with Gasteiger partial charge in [-0.3, -0.25) is 4.57 Å². The Bertz CT molecular complexity index is 427. The summed E-state index contributed by atoms with van der Waals surface area (Å²) in [5, 5.41) is -6.58. The maximum Gasteiger partial charge on any atom is 1.00 e. The van der Waals surface area contributed by atoms with Crippen LogP contribution < -0.4 is 172 Å². The van der Waals surface area contributed by atoms with E-state index in [0.717, 1.165) is 0 Å². The largest absolute Gasteiger partial charge is 1.00 e. The average molecular weight is 474 g/mol. The van der Waals surface area contributed by atoms with Gasteiger partial charge in [-0.2, -0.15) is 0 Å². The molecule has 0 spiro atoms. The molecule has 0 heterocycles. The van der Waals surface area contributed by atoms with Gasteiger partial charge >= 0.3 is 155 Å². The molecule has 12 nitrogen and oxygen atoms in total. The van der Waals surface area contributed by atoms with E-state index in [0.29, 0.717) is 0 Å². The molecule has 21 heteroatoms. The van der Waals surface area contributed by atoms with E-state index in [4.69, 9.17) is 14.7 Å². The Morgan fingerprint density at radius 2 is 0.875 bits per heavy atom. The van der Waals surface area contributed by atoms with Crippen molar-refractivity contribution in [3.8, 4) is 0 Å². The Labute approximate surface area is 248 Å². The predicted molar refractivity (Wildman–Crippen MR) is 49.3 cm³/mol. The Kier molecular flexibility index (Phi) is 29.5. The van der Waals surface area contributed by atoms with E-state index in [1.54, 1.807) is 0 Å². The third-order valence-corrected chi connectivity index (χ3v) is 9.22. The fourth-order valence-corrected chi connectivity index (χ4v) is 6.55. The van der Waals surface area contributed by atoms with E-state index in [1.165, 1.54) is 0 Å². The fourth-order valence-electron chi connectivity index (χ4n) is 1.08. The van der Waals surface area contributed by atoms with Crippen LogP contribution in [0.25, 0.3) is 0 Å². The van der Waals surface area contributed by atoms with Gasteiger partial charge in [0.15, 0.2) is 0 Å². The second-order valence-corrected chi connectivity index (χ2v) is 11.2. The minimum Gasteiger partial charge on any atom is -0.810 e. The molecule has 0 radical (unpaired) electrons. The van der Waals surface area contributed by atoms with Crippen molar-refractivity contribution in [2.24, 2.45) is 0 Å². The normalized spacial score (nSPS) is 15.2. The SMILES string of the molecule is O=P([O-])([O-])C(CC(P(=O)([O-])O)P(=O)(O)O)P(=O)([O-])[O-].[Na+].[Na+].[Na+].[Na+].[Na+]. The summed E-state index contributed by atoms with van der Waals surface area (Å²) < 4.78 is 42.5. The molecule has 0 rings (SSSR count). The van der Waals surface area contributed by atoms with Crippen LogP contribution in [0.3, 0.4) is 0 Å². The first-order valence-corrected chi connectivity index (χ1v) is 10.6. The summed E-state index contributed by atoms with van der Waals surface area (Å²) in [6, 6.07) is 0. The summed E-state index contributed by atoms with van der Waals surface area (Å²) in [7, 11) is -24.0. The standard InChI is InChI=1S/C3H12O12P4.5Na/c4-16(5,6)2(17(7,8)9)1-3(18(10,11)12)19(13,14)15;;;;;/h2-3H,1H2,(H2,4,5,6)(H2,7,8,9)(H2,10,11,12)(H2,13,14,15);;;;;/q;5*+1/p-5. The van der Waals surface area contributed by atoms with Crippen molar-refractivity contribution in [3.63, 3.8) is 0 Å². The molecular formula is C3H7Na5O12P4. The topological polar surface area (TPSA) is 244 Å². The Morgan fingerprint density at radius 3 is 1.00 bits per heavy atom. The molecule has 0 saturated carbocycles. The molecule has 2 atom stereocenters. The van der Waals surface area contributed by atoms with Crippen LogP contribution in [-0.2, 0) is 18.3 Å². The van der Waals surface area contributed by atoms with E-state index in [1.807, 2.05) is 0 Å². The number of rotatable bonds is 6. The van der Waals surface area contributed by atoms with Gasteiger partial charge in [-0.15, -0.1) is 0 Å². The van der Waals surface area contributed by atoms with Gasteiger partial charge in [-0.05, 0) is 6.42 Å². The van der Waals surface area contributed by atoms with Crippen molar-refractivity contribution >= 4 is 30.4 Å². The molecule has 24 heavy (non-hydrogen) atoms. The van der Waals surface area contributed by atoms with Crippen molar-refractivity contribution in [3.05, 3.63) is 0 Å². The maximum atomic E-state index is 10.7. The first kappa shape index (κ1) is 43.5. The van der Waals surface area contributed by atoms with Crippen molar-refractivity contribution in [1.29, 1.82) is 0 Å². The molecule has 0 aliphatic heterocycles. The van der Waals surface area contributed by atoms with Gasteiger partial charge < -0.3 is 52.8 Å². The van der Waals surface area contributed by atoms with Gasteiger partial charge in [0.2, 0.25) is 0 Å². The first-order chi connectivity index (χ1) is 7.97. The molecule has 0 aliphatic carbocycles. The predicted octanol–water partition coefficient (Wildman–Crippen LogP) is -19.4. The molecule has 0 amide bonds.